The zero-order valence-corrected chi connectivity index (χ0v) is 11.4. The third kappa shape index (κ3) is 3.06. The number of anilines is 1. The molecule has 16 heavy (non-hydrogen) atoms. The number of hydrogen-bond donors (Lipinski definition) is 2. The maximum Gasteiger partial charge on any atom is 0.241 e. The predicted octanol–water partition coefficient (Wildman–Crippen LogP) is 2.74. The number of nitrogens with one attached hydrogen (secondary N) is 1. The van der Waals surface area contributed by atoms with Crippen LogP contribution >= 0.6 is 15.9 Å². The van der Waals surface area contributed by atoms with Crippen LogP contribution in [0.2, 0.25) is 0 Å². The number of amides is 1. The van der Waals surface area contributed by atoms with Gasteiger partial charge in [-0.3, -0.25) is 4.79 Å². The van der Waals surface area contributed by atoms with Gasteiger partial charge in [0.25, 0.3) is 0 Å². The molecule has 0 saturated carbocycles. The van der Waals surface area contributed by atoms with E-state index in [4.69, 9.17) is 5.73 Å². The van der Waals surface area contributed by atoms with Gasteiger partial charge < -0.3 is 11.1 Å². The second-order valence-corrected chi connectivity index (χ2v) is 4.80. The first-order valence-corrected chi connectivity index (χ1v) is 6.08. The van der Waals surface area contributed by atoms with Crippen molar-refractivity contribution in [3.63, 3.8) is 0 Å². The molecule has 1 aromatic carbocycles. The second kappa shape index (κ2) is 5.46. The molecule has 0 aromatic heterocycles. The molecule has 3 nitrogen and oxygen atoms in total. The summed E-state index contributed by atoms with van der Waals surface area (Å²) in [5.74, 6) is -0.143. The summed E-state index contributed by atoms with van der Waals surface area (Å²) < 4.78 is 0.890. The Morgan fingerprint density at radius 3 is 2.62 bits per heavy atom. The summed E-state index contributed by atoms with van der Waals surface area (Å²) in [5.41, 5.74) is 8.66. The summed E-state index contributed by atoms with van der Waals surface area (Å²) >= 11 is 3.44. The number of carbonyl (C=O) groups excluding carboxylic acids is 1. The minimum absolute atomic E-state index is 0.143. The fourth-order valence-electron chi connectivity index (χ4n) is 1.48. The smallest absolute Gasteiger partial charge is 0.241 e. The molecule has 0 heterocycles. The lowest BCUT2D eigenvalue weighted by atomic mass is 10.1. The standard InChI is InChI=1S/C12H17BrN2O/c1-4-10(14)12(16)15-11-8(3)5-7(2)6-9(11)13/h5-6,10H,4,14H2,1-3H3,(H,15,16)/t10-/m0/s1. The van der Waals surface area contributed by atoms with Gasteiger partial charge in [-0.1, -0.05) is 13.0 Å². The van der Waals surface area contributed by atoms with Gasteiger partial charge >= 0.3 is 0 Å². The number of rotatable bonds is 3. The SMILES string of the molecule is CC[C@H](N)C(=O)Nc1c(C)cc(C)cc1Br. The van der Waals surface area contributed by atoms with Crippen LogP contribution in [0.1, 0.15) is 24.5 Å². The second-order valence-electron chi connectivity index (χ2n) is 3.94. The van der Waals surface area contributed by atoms with E-state index in [1.807, 2.05) is 32.9 Å². The number of aryl methyl sites for hydroxylation is 2. The summed E-state index contributed by atoms with van der Waals surface area (Å²) in [6.07, 6.45) is 0.633. The highest BCUT2D eigenvalue weighted by atomic mass is 79.9. The summed E-state index contributed by atoms with van der Waals surface area (Å²) in [4.78, 5) is 11.7. The summed E-state index contributed by atoms with van der Waals surface area (Å²) in [5, 5.41) is 2.85. The van der Waals surface area contributed by atoms with Crippen LogP contribution < -0.4 is 11.1 Å². The maximum absolute atomic E-state index is 11.7. The fraction of sp³-hybridized carbons (Fsp3) is 0.417. The Kier molecular flexibility index (Phi) is 4.50. The molecule has 4 heteroatoms. The molecule has 0 aliphatic carbocycles. The highest BCUT2D eigenvalue weighted by molar-refractivity contribution is 9.10. The third-order valence-electron chi connectivity index (χ3n) is 2.46. The van der Waals surface area contributed by atoms with Crippen molar-refractivity contribution in [2.45, 2.75) is 33.2 Å². The van der Waals surface area contributed by atoms with Gasteiger partial charge in [-0.25, -0.2) is 0 Å². The van der Waals surface area contributed by atoms with Gasteiger partial charge in [0, 0.05) is 4.47 Å². The lowest BCUT2D eigenvalue weighted by Gasteiger charge is -2.14. The van der Waals surface area contributed by atoms with Crippen LogP contribution in [0.4, 0.5) is 5.69 Å². The zero-order chi connectivity index (χ0) is 12.3. The van der Waals surface area contributed by atoms with Gasteiger partial charge in [-0.2, -0.15) is 0 Å². The van der Waals surface area contributed by atoms with E-state index in [1.165, 1.54) is 0 Å². The summed E-state index contributed by atoms with van der Waals surface area (Å²) in [7, 11) is 0. The molecular weight excluding hydrogens is 268 g/mol. The van der Waals surface area contributed by atoms with Gasteiger partial charge in [0.1, 0.15) is 0 Å². The Morgan fingerprint density at radius 2 is 2.12 bits per heavy atom. The van der Waals surface area contributed by atoms with E-state index in [2.05, 4.69) is 21.2 Å². The van der Waals surface area contributed by atoms with E-state index in [0.29, 0.717) is 6.42 Å². The van der Waals surface area contributed by atoms with E-state index in [1.54, 1.807) is 0 Å². The van der Waals surface area contributed by atoms with Gasteiger partial charge in [0.15, 0.2) is 0 Å². The normalized spacial score (nSPS) is 12.3. The van der Waals surface area contributed by atoms with Gasteiger partial charge in [0.05, 0.1) is 11.7 Å². The molecule has 1 aromatic rings. The van der Waals surface area contributed by atoms with Crippen LogP contribution in [0.3, 0.4) is 0 Å². The molecule has 0 fully saturated rings. The third-order valence-corrected chi connectivity index (χ3v) is 3.08. The summed E-state index contributed by atoms with van der Waals surface area (Å²) in [6, 6.07) is 3.55. The van der Waals surface area contributed by atoms with Crippen molar-refractivity contribution in [1.29, 1.82) is 0 Å². The van der Waals surface area contributed by atoms with E-state index < -0.39 is 6.04 Å². The van der Waals surface area contributed by atoms with Crippen molar-refractivity contribution in [3.05, 3.63) is 27.7 Å². The molecule has 0 aliphatic rings. The van der Waals surface area contributed by atoms with Gasteiger partial charge in [0.2, 0.25) is 5.91 Å². The number of halogens is 1. The number of carbonyl (C=O) groups is 1. The van der Waals surface area contributed by atoms with Gasteiger partial charge in [-0.05, 0) is 53.4 Å². The lowest BCUT2D eigenvalue weighted by molar-refractivity contribution is -0.117. The Morgan fingerprint density at radius 1 is 1.50 bits per heavy atom. The fourth-order valence-corrected chi connectivity index (χ4v) is 2.25. The summed E-state index contributed by atoms with van der Waals surface area (Å²) in [6.45, 7) is 5.87. The molecule has 1 atom stereocenters. The molecule has 1 rings (SSSR count). The Bertz CT molecular complexity index is 381. The van der Waals surface area contributed by atoms with Crippen LogP contribution in [0, 0.1) is 13.8 Å². The molecule has 88 valence electrons. The van der Waals surface area contributed by atoms with Crippen LogP contribution in [0.15, 0.2) is 16.6 Å². The molecule has 0 aliphatic heterocycles. The molecule has 0 spiro atoms. The van der Waals surface area contributed by atoms with E-state index in [-0.39, 0.29) is 5.91 Å². The quantitative estimate of drug-likeness (QED) is 0.897. The van der Waals surface area contributed by atoms with Crippen LogP contribution in [-0.4, -0.2) is 11.9 Å². The van der Waals surface area contributed by atoms with Crippen molar-refractivity contribution in [2.75, 3.05) is 5.32 Å². The monoisotopic (exact) mass is 284 g/mol. The van der Waals surface area contributed by atoms with Crippen molar-refractivity contribution >= 4 is 27.5 Å². The highest BCUT2D eigenvalue weighted by Crippen LogP contribution is 2.27. The Hall–Kier alpha value is -0.870. The molecule has 0 bridgehead atoms. The number of nitrogens with two attached hydrogens (primary N) is 1. The van der Waals surface area contributed by atoms with Crippen LogP contribution in [0.25, 0.3) is 0 Å². The largest absolute Gasteiger partial charge is 0.323 e. The molecule has 0 saturated heterocycles. The number of benzene rings is 1. The predicted molar refractivity (Wildman–Crippen MR) is 70.5 cm³/mol. The van der Waals surface area contributed by atoms with Crippen LogP contribution in [0.5, 0.6) is 0 Å². The van der Waals surface area contributed by atoms with E-state index in [9.17, 15) is 4.79 Å². The Balaban J connectivity index is 2.93. The van der Waals surface area contributed by atoms with Crippen LogP contribution in [-0.2, 0) is 4.79 Å². The molecule has 0 radical (unpaired) electrons. The molecule has 3 N–H and O–H groups in total. The number of hydrogen-bond acceptors (Lipinski definition) is 2. The average molecular weight is 285 g/mol. The average Bonchev–Trinajstić information content (AvgIpc) is 2.21. The zero-order valence-electron chi connectivity index (χ0n) is 9.80. The minimum Gasteiger partial charge on any atom is -0.323 e. The van der Waals surface area contributed by atoms with Crippen molar-refractivity contribution in [3.8, 4) is 0 Å². The molecule has 0 unspecified atom stereocenters. The Labute approximate surface area is 105 Å². The molecule has 1 amide bonds. The van der Waals surface area contributed by atoms with E-state index in [0.717, 1.165) is 21.3 Å². The first-order chi connectivity index (χ1) is 7.45. The van der Waals surface area contributed by atoms with Crippen molar-refractivity contribution in [2.24, 2.45) is 5.73 Å². The minimum atomic E-state index is -0.451. The van der Waals surface area contributed by atoms with Gasteiger partial charge in [-0.15, -0.1) is 0 Å². The highest BCUT2D eigenvalue weighted by Gasteiger charge is 2.14. The first kappa shape index (κ1) is 13.2. The van der Waals surface area contributed by atoms with E-state index >= 15 is 0 Å². The topological polar surface area (TPSA) is 55.1 Å². The van der Waals surface area contributed by atoms with Crippen molar-refractivity contribution in [1.82, 2.24) is 0 Å². The lowest BCUT2D eigenvalue weighted by Crippen LogP contribution is -2.35. The van der Waals surface area contributed by atoms with Crippen molar-refractivity contribution < 1.29 is 4.79 Å². The maximum atomic E-state index is 11.7. The molecular formula is C12H17BrN2O. The first-order valence-electron chi connectivity index (χ1n) is 5.29.